The first-order valence-electron chi connectivity index (χ1n) is 4.74. The van der Waals surface area contributed by atoms with Crippen LogP contribution in [0.3, 0.4) is 0 Å². The number of carbonyl (C=O) groups excluding carboxylic acids is 1. The minimum atomic E-state index is -0.245. The Hall–Kier alpha value is -0.370. The van der Waals surface area contributed by atoms with Crippen LogP contribution in [-0.4, -0.2) is 36.4 Å². The molecule has 2 heteroatoms. The van der Waals surface area contributed by atoms with Crippen LogP contribution in [0, 0.1) is 0 Å². The third kappa shape index (κ3) is 2.07. The predicted molar refractivity (Wildman–Crippen MR) is 52.0 cm³/mol. The number of carbonyl (C=O) groups is 1. The highest BCUT2D eigenvalue weighted by molar-refractivity contribution is 5.60. The van der Waals surface area contributed by atoms with Gasteiger partial charge < -0.3 is 4.48 Å². The Morgan fingerprint density at radius 2 is 1.83 bits per heavy atom. The lowest BCUT2D eigenvalue weighted by Crippen LogP contribution is -2.60. The Morgan fingerprint density at radius 1 is 1.33 bits per heavy atom. The first-order valence-corrected chi connectivity index (χ1v) is 4.74. The maximum absolute atomic E-state index is 10.9. The molecule has 0 spiro atoms. The molecule has 0 aliphatic rings. The quantitative estimate of drug-likeness (QED) is 0.457. The second-order valence-electron chi connectivity index (χ2n) is 4.21. The number of rotatable bonds is 5. The summed E-state index contributed by atoms with van der Waals surface area (Å²) in [4.78, 5) is 10.9. The summed E-state index contributed by atoms with van der Waals surface area (Å²) in [5.41, 5.74) is -0.245. The fourth-order valence-electron chi connectivity index (χ4n) is 1.47. The van der Waals surface area contributed by atoms with Gasteiger partial charge in [0, 0.05) is 0 Å². The van der Waals surface area contributed by atoms with E-state index in [0.717, 1.165) is 30.3 Å². The zero-order valence-electron chi connectivity index (χ0n) is 9.05. The third-order valence-electron chi connectivity index (χ3n) is 3.09. The molecule has 0 bridgehead atoms. The van der Waals surface area contributed by atoms with E-state index < -0.39 is 0 Å². The maximum Gasteiger partial charge on any atom is 0.179 e. The summed E-state index contributed by atoms with van der Waals surface area (Å²) >= 11 is 0. The van der Waals surface area contributed by atoms with Crippen LogP contribution in [0.1, 0.15) is 34.1 Å². The van der Waals surface area contributed by atoms with Crippen molar-refractivity contribution in [1.82, 2.24) is 0 Å². The van der Waals surface area contributed by atoms with E-state index >= 15 is 0 Å². The normalized spacial score (nSPS) is 17.1. The van der Waals surface area contributed by atoms with Crippen LogP contribution < -0.4 is 0 Å². The number of nitrogens with zero attached hydrogens (tertiary/aromatic N) is 1. The predicted octanol–water partition coefficient (Wildman–Crippen LogP) is 1.84. The summed E-state index contributed by atoms with van der Waals surface area (Å²) < 4.78 is 0.840. The fraction of sp³-hybridized carbons (Fsp3) is 0.900. The van der Waals surface area contributed by atoms with Crippen molar-refractivity contribution >= 4 is 6.29 Å². The largest absolute Gasteiger partial charge is 0.316 e. The van der Waals surface area contributed by atoms with Crippen molar-refractivity contribution in [3.63, 3.8) is 0 Å². The Kier molecular flexibility index (Phi) is 3.91. The molecule has 12 heavy (non-hydrogen) atoms. The lowest BCUT2D eigenvalue weighted by molar-refractivity contribution is -0.942. The SMILES string of the molecule is CCC[N+](C)(CC)C(C)(C)C=O. The molecule has 0 aliphatic heterocycles. The number of likely N-dealkylation sites (N-methyl/N-ethyl adjacent to an activating group) is 1. The van der Waals surface area contributed by atoms with Crippen LogP contribution in [0.4, 0.5) is 0 Å². The second kappa shape index (κ2) is 4.04. The fourth-order valence-corrected chi connectivity index (χ4v) is 1.47. The molecule has 0 aromatic rings. The molecule has 0 radical (unpaired) electrons. The molecule has 0 rings (SSSR count). The molecule has 0 fully saturated rings. The molecule has 0 aromatic carbocycles. The van der Waals surface area contributed by atoms with Crippen LogP contribution in [0.15, 0.2) is 0 Å². The van der Waals surface area contributed by atoms with E-state index in [4.69, 9.17) is 0 Å². The second-order valence-corrected chi connectivity index (χ2v) is 4.21. The molecular formula is C10H22NO+. The molecule has 0 saturated heterocycles. The summed E-state index contributed by atoms with van der Waals surface area (Å²) in [6, 6.07) is 0. The van der Waals surface area contributed by atoms with E-state index in [1.807, 2.05) is 13.8 Å². The van der Waals surface area contributed by atoms with Gasteiger partial charge in [0.15, 0.2) is 6.29 Å². The maximum atomic E-state index is 10.9. The van der Waals surface area contributed by atoms with Crippen LogP contribution in [0.2, 0.25) is 0 Å². The molecule has 0 saturated carbocycles. The first-order chi connectivity index (χ1) is 5.43. The minimum Gasteiger partial charge on any atom is -0.316 e. The zero-order chi connectivity index (χ0) is 9.83. The Labute approximate surface area is 76.2 Å². The van der Waals surface area contributed by atoms with Crippen molar-refractivity contribution in [3.05, 3.63) is 0 Å². The van der Waals surface area contributed by atoms with Gasteiger partial charge in [-0.05, 0) is 27.2 Å². The summed E-state index contributed by atoms with van der Waals surface area (Å²) in [6.45, 7) is 10.4. The summed E-state index contributed by atoms with van der Waals surface area (Å²) in [7, 11) is 2.15. The van der Waals surface area contributed by atoms with Crippen molar-refractivity contribution < 1.29 is 9.28 Å². The van der Waals surface area contributed by atoms with Crippen LogP contribution in [0.25, 0.3) is 0 Å². The topological polar surface area (TPSA) is 17.1 Å². The number of hydrogen-bond donors (Lipinski definition) is 0. The van der Waals surface area contributed by atoms with Crippen molar-refractivity contribution in [2.45, 2.75) is 39.7 Å². The molecule has 72 valence electrons. The van der Waals surface area contributed by atoms with Gasteiger partial charge in [-0.1, -0.05) is 6.92 Å². The van der Waals surface area contributed by atoms with Gasteiger partial charge in [-0.25, -0.2) is 0 Å². The highest BCUT2D eigenvalue weighted by Gasteiger charge is 2.37. The number of aldehydes is 1. The number of quaternary nitrogens is 1. The molecule has 0 amide bonds. The average Bonchev–Trinajstić information content (AvgIpc) is 2.04. The smallest absolute Gasteiger partial charge is 0.179 e. The summed E-state index contributed by atoms with van der Waals surface area (Å²) in [6.07, 6.45) is 2.20. The molecule has 2 nitrogen and oxygen atoms in total. The molecular weight excluding hydrogens is 150 g/mol. The Balaban J connectivity index is 4.60. The highest BCUT2D eigenvalue weighted by Crippen LogP contribution is 2.20. The van der Waals surface area contributed by atoms with E-state index in [1.165, 1.54) is 0 Å². The molecule has 0 N–H and O–H groups in total. The molecule has 1 unspecified atom stereocenters. The highest BCUT2D eigenvalue weighted by atomic mass is 16.1. The monoisotopic (exact) mass is 172 g/mol. The van der Waals surface area contributed by atoms with Gasteiger partial charge in [0.05, 0.1) is 20.1 Å². The Bertz CT molecular complexity index is 154. The van der Waals surface area contributed by atoms with Crippen molar-refractivity contribution in [1.29, 1.82) is 0 Å². The van der Waals surface area contributed by atoms with E-state index in [1.54, 1.807) is 0 Å². The molecule has 0 heterocycles. The van der Waals surface area contributed by atoms with Gasteiger partial charge in [0.1, 0.15) is 5.54 Å². The van der Waals surface area contributed by atoms with Crippen molar-refractivity contribution in [2.75, 3.05) is 20.1 Å². The van der Waals surface area contributed by atoms with Gasteiger partial charge in [-0.15, -0.1) is 0 Å². The molecule has 0 aliphatic carbocycles. The van der Waals surface area contributed by atoms with E-state index in [0.29, 0.717) is 0 Å². The summed E-state index contributed by atoms with van der Waals surface area (Å²) in [5.74, 6) is 0. The van der Waals surface area contributed by atoms with Crippen LogP contribution in [0.5, 0.6) is 0 Å². The molecule has 1 atom stereocenters. The lowest BCUT2D eigenvalue weighted by atomic mass is 10.0. The first kappa shape index (κ1) is 11.6. The van der Waals surface area contributed by atoms with Gasteiger partial charge in [0.2, 0.25) is 0 Å². The van der Waals surface area contributed by atoms with Gasteiger partial charge >= 0.3 is 0 Å². The van der Waals surface area contributed by atoms with Gasteiger partial charge in [0.25, 0.3) is 0 Å². The minimum absolute atomic E-state index is 0.245. The zero-order valence-corrected chi connectivity index (χ0v) is 9.05. The van der Waals surface area contributed by atoms with Crippen LogP contribution >= 0.6 is 0 Å². The Morgan fingerprint density at radius 3 is 2.08 bits per heavy atom. The van der Waals surface area contributed by atoms with Gasteiger partial charge in [-0.3, -0.25) is 4.79 Å². The van der Waals surface area contributed by atoms with Crippen LogP contribution in [-0.2, 0) is 4.79 Å². The van der Waals surface area contributed by atoms with E-state index in [-0.39, 0.29) is 5.54 Å². The third-order valence-corrected chi connectivity index (χ3v) is 3.09. The van der Waals surface area contributed by atoms with Crippen molar-refractivity contribution in [2.24, 2.45) is 0 Å². The van der Waals surface area contributed by atoms with Crippen molar-refractivity contribution in [3.8, 4) is 0 Å². The number of hydrogen-bond acceptors (Lipinski definition) is 1. The average molecular weight is 172 g/mol. The standard InChI is InChI=1S/C10H22NO/c1-6-8-11(5,7-2)10(3,4)9-12/h9H,6-8H2,1-5H3/q+1. The lowest BCUT2D eigenvalue weighted by Gasteiger charge is -2.43. The van der Waals surface area contributed by atoms with E-state index in [2.05, 4.69) is 20.9 Å². The summed E-state index contributed by atoms with van der Waals surface area (Å²) in [5, 5.41) is 0. The van der Waals surface area contributed by atoms with Gasteiger partial charge in [-0.2, -0.15) is 0 Å². The molecule has 0 aromatic heterocycles. The van der Waals surface area contributed by atoms with E-state index in [9.17, 15) is 4.79 Å².